The van der Waals surface area contributed by atoms with Gasteiger partial charge in [-0.3, -0.25) is 19.3 Å². The number of nitrogens with one attached hydrogen (secondary N) is 1. The lowest BCUT2D eigenvalue weighted by atomic mass is 10.1. The first kappa shape index (κ1) is 19.3. The standard InChI is InChI=1S/C21H20N2O5/c1-3-11-28-21(27)14-7-6-8-15(12-14)22-18(24)13(2)23-19(25)16-9-4-5-10-17(16)20(23)26/h4-10,12-13H,3,11H2,1-2H3,(H,22,24). The van der Waals surface area contributed by atoms with Crippen LogP contribution in [0.15, 0.2) is 48.5 Å². The summed E-state index contributed by atoms with van der Waals surface area (Å²) in [4.78, 5) is 50.6. The van der Waals surface area contributed by atoms with E-state index in [1.807, 2.05) is 6.92 Å². The number of carbonyl (C=O) groups excluding carboxylic acids is 4. The lowest BCUT2D eigenvalue weighted by Gasteiger charge is -2.21. The minimum atomic E-state index is -1.01. The monoisotopic (exact) mass is 380 g/mol. The number of carbonyl (C=O) groups is 4. The fraction of sp³-hybridized carbons (Fsp3) is 0.238. The van der Waals surface area contributed by atoms with Crippen molar-refractivity contribution in [2.75, 3.05) is 11.9 Å². The fourth-order valence-electron chi connectivity index (χ4n) is 2.93. The van der Waals surface area contributed by atoms with Crippen LogP contribution in [0.2, 0.25) is 0 Å². The van der Waals surface area contributed by atoms with Crippen LogP contribution in [0.25, 0.3) is 0 Å². The van der Waals surface area contributed by atoms with Gasteiger partial charge in [-0.2, -0.15) is 0 Å². The normalized spacial score (nSPS) is 13.9. The first-order valence-corrected chi connectivity index (χ1v) is 8.99. The quantitative estimate of drug-likeness (QED) is 0.614. The molecular formula is C21H20N2O5. The van der Waals surface area contributed by atoms with Gasteiger partial charge >= 0.3 is 5.97 Å². The highest BCUT2D eigenvalue weighted by molar-refractivity contribution is 6.23. The number of hydrogen-bond acceptors (Lipinski definition) is 5. The number of amides is 3. The van der Waals surface area contributed by atoms with E-state index >= 15 is 0 Å². The Hall–Kier alpha value is -3.48. The van der Waals surface area contributed by atoms with E-state index in [-0.39, 0.29) is 11.1 Å². The molecule has 0 bridgehead atoms. The summed E-state index contributed by atoms with van der Waals surface area (Å²) in [5.74, 6) is -2.01. The molecule has 144 valence electrons. The zero-order chi connectivity index (χ0) is 20.3. The van der Waals surface area contributed by atoms with Crippen LogP contribution in [0.5, 0.6) is 0 Å². The van der Waals surface area contributed by atoms with Crippen molar-refractivity contribution >= 4 is 29.4 Å². The van der Waals surface area contributed by atoms with Gasteiger partial charge in [-0.25, -0.2) is 4.79 Å². The maximum absolute atomic E-state index is 12.6. The number of imide groups is 1. The lowest BCUT2D eigenvalue weighted by molar-refractivity contribution is -0.119. The Morgan fingerprint density at radius 1 is 1.04 bits per heavy atom. The first-order chi connectivity index (χ1) is 13.4. The Morgan fingerprint density at radius 3 is 2.29 bits per heavy atom. The fourth-order valence-corrected chi connectivity index (χ4v) is 2.93. The number of nitrogens with zero attached hydrogens (tertiary/aromatic N) is 1. The molecule has 1 aliphatic rings. The molecule has 0 saturated heterocycles. The third-order valence-electron chi connectivity index (χ3n) is 4.40. The Morgan fingerprint density at radius 2 is 1.68 bits per heavy atom. The number of fused-ring (bicyclic) bond motifs is 1. The predicted octanol–water partition coefficient (Wildman–Crippen LogP) is 2.88. The van der Waals surface area contributed by atoms with Crippen molar-refractivity contribution in [3.8, 4) is 0 Å². The zero-order valence-electron chi connectivity index (χ0n) is 15.6. The first-order valence-electron chi connectivity index (χ1n) is 8.99. The Kier molecular flexibility index (Phi) is 5.54. The lowest BCUT2D eigenvalue weighted by Crippen LogP contribution is -2.45. The molecule has 7 nitrogen and oxygen atoms in total. The van der Waals surface area contributed by atoms with Crippen LogP contribution in [0.3, 0.4) is 0 Å². The van der Waals surface area contributed by atoms with Gasteiger partial charge in [0.2, 0.25) is 5.91 Å². The molecule has 0 radical (unpaired) electrons. The average molecular weight is 380 g/mol. The van der Waals surface area contributed by atoms with Crippen LogP contribution in [-0.4, -0.2) is 41.2 Å². The molecule has 0 aliphatic carbocycles. The minimum Gasteiger partial charge on any atom is -0.462 e. The second kappa shape index (κ2) is 8.04. The third-order valence-corrected chi connectivity index (χ3v) is 4.40. The van der Waals surface area contributed by atoms with Crippen LogP contribution in [0.1, 0.15) is 51.3 Å². The molecular weight excluding hydrogens is 360 g/mol. The van der Waals surface area contributed by atoms with Gasteiger partial charge in [0.05, 0.1) is 23.3 Å². The average Bonchev–Trinajstić information content (AvgIpc) is 2.96. The van der Waals surface area contributed by atoms with E-state index in [2.05, 4.69) is 5.32 Å². The van der Waals surface area contributed by atoms with Crippen LogP contribution in [0.4, 0.5) is 5.69 Å². The summed E-state index contributed by atoms with van der Waals surface area (Å²) in [5.41, 5.74) is 1.25. The van der Waals surface area contributed by atoms with E-state index in [9.17, 15) is 19.2 Å². The third kappa shape index (κ3) is 3.64. The Balaban J connectivity index is 1.73. The summed E-state index contributed by atoms with van der Waals surface area (Å²) in [7, 11) is 0. The SMILES string of the molecule is CCCOC(=O)c1cccc(NC(=O)C(C)N2C(=O)c3ccccc3C2=O)c1. The molecule has 1 unspecified atom stereocenters. The van der Waals surface area contributed by atoms with Crippen molar-refractivity contribution in [3.05, 3.63) is 65.2 Å². The van der Waals surface area contributed by atoms with Crippen LogP contribution < -0.4 is 5.32 Å². The van der Waals surface area contributed by atoms with Crippen molar-refractivity contribution in [3.63, 3.8) is 0 Å². The molecule has 1 aliphatic heterocycles. The maximum Gasteiger partial charge on any atom is 0.338 e. The molecule has 0 aromatic heterocycles. The van der Waals surface area contributed by atoms with Crippen molar-refractivity contribution in [1.82, 2.24) is 4.90 Å². The number of anilines is 1. The van der Waals surface area contributed by atoms with Gasteiger partial charge < -0.3 is 10.1 Å². The van der Waals surface area contributed by atoms with Crippen molar-refractivity contribution in [2.45, 2.75) is 26.3 Å². The van der Waals surface area contributed by atoms with E-state index in [1.54, 1.807) is 42.5 Å². The highest BCUT2D eigenvalue weighted by Crippen LogP contribution is 2.25. The van der Waals surface area contributed by atoms with E-state index in [1.165, 1.54) is 13.0 Å². The molecule has 7 heteroatoms. The van der Waals surface area contributed by atoms with Gasteiger partial charge in [0.15, 0.2) is 0 Å². The van der Waals surface area contributed by atoms with Crippen LogP contribution in [0, 0.1) is 0 Å². The molecule has 0 fully saturated rings. The molecule has 28 heavy (non-hydrogen) atoms. The largest absolute Gasteiger partial charge is 0.462 e. The number of ether oxygens (including phenoxy) is 1. The minimum absolute atomic E-state index is 0.285. The molecule has 0 saturated carbocycles. The van der Waals surface area contributed by atoms with Crippen LogP contribution >= 0.6 is 0 Å². The molecule has 3 amide bonds. The number of hydrogen-bond donors (Lipinski definition) is 1. The van der Waals surface area contributed by atoms with E-state index < -0.39 is 29.7 Å². The van der Waals surface area contributed by atoms with Crippen molar-refractivity contribution in [1.29, 1.82) is 0 Å². The highest BCUT2D eigenvalue weighted by Gasteiger charge is 2.40. The molecule has 1 N–H and O–H groups in total. The smallest absolute Gasteiger partial charge is 0.338 e. The summed E-state index contributed by atoms with van der Waals surface area (Å²) >= 11 is 0. The van der Waals surface area contributed by atoms with E-state index in [0.29, 0.717) is 24.3 Å². The summed E-state index contributed by atoms with van der Waals surface area (Å²) in [6, 6.07) is 11.8. The second-order valence-corrected chi connectivity index (χ2v) is 6.41. The Labute approximate surface area is 162 Å². The molecule has 2 aromatic carbocycles. The summed E-state index contributed by atoms with van der Waals surface area (Å²) in [5, 5.41) is 2.64. The predicted molar refractivity (Wildman–Crippen MR) is 102 cm³/mol. The molecule has 3 rings (SSSR count). The van der Waals surface area contributed by atoms with Crippen LogP contribution in [-0.2, 0) is 9.53 Å². The summed E-state index contributed by atoms with van der Waals surface area (Å²) < 4.78 is 5.08. The molecule has 1 atom stereocenters. The number of rotatable bonds is 6. The maximum atomic E-state index is 12.6. The number of esters is 1. The van der Waals surface area contributed by atoms with Gasteiger partial charge in [0, 0.05) is 5.69 Å². The topological polar surface area (TPSA) is 92.8 Å². The molecule has 2 aromatic rings. The van der Waals surface area contributed by atoms with Gasteiger partial charge in [-0.05, 0) is 43.7 Å². The van der Waals surface area contributed by atoms with Gasteiger partial charge in [-0.1, -0.05) is 25.1 Å². The van der Waals surface area contributed by atoms with E-state index in [4.69, 9.17) is 4.74 Å². The summed E-state index contributed by atoms with van der Waals surface area (Å²) in [6.45, 7) is 3.69. The molecule has 1 heterocycles. The number of benzene rings is 2. The van der Waals surface area contributed by atoms with Gasteiger partial charge in [-0.15, -0.1) is 0 Å². The Bertz CT molecular complexity index is 918. The van der Waals surface area contributed by atoms with Crippen molar-refractivity contribution in [2.24, 2.45) is 0 Å². The van der Waals surface area contributed by atoms with E-state index in [0.717, 1.165) is 4.90 Å². The van der Waals surface area contributed by atoms with Gasteiger partial charge in [0.25, 0.3) is 11.8 Å². The second-order valence-electron chi connectivity index (χ2n) is 6.41. The summed E-state index contributed by atoms with van der Waals surface area (Å²) in [6.07, 6.45) is 0.708. The highest BCUT2D eigenvalue weighted by atomic mass is 16.5. The van der Waals surface area contributed by atoms with Crippen molar-refractivity contribution < 1.29 is 23.9 Å². The molecule has 0 spiro atoms. The van der Waals surface area contributed by atoms with Gasteiger partial charge in [0.1, 0.15) is 6.04 Å². The zero-order valence-corrected chi connectivity index (χ0v) is 15.6.